The van der Waals surface area contributed by atoms with Crippen molar-refractivity contribution in [1.29, 1.82) is 0 Å². The van der Waals surface area contributed by atoms with Gasteiger partial charge in [0.2, 0.25) is 0 Å². The van der Waals surface area contributed by atoms with E-state index >= 15 is 0 Å². The lowest BCUT2D eigenvalue weighted by atomic mass is 9.98. The molecule has 0 N–H and O–H groups in total. The highest BCUT2D eigenvalue weighted by molar-refractivity contribution is 5.93. The van der Waals surface area contributed by atoms with Gasteiger partial charge in [-0.2, -0.15) is 0 Å². The Morgan fingerprint density at radius 2 is 0.622 bits per heavy atom. The second kappa shape index (κ2) is 10.4. The highest BCUT2D eigenvalue weighted by atomic mass is 15.1. The van der Waals surface area contributed by atoms with Gasteiger partial charge >= 0.3 is 0 Å². The topological polar surface area (TPSA) is 3.24 Å². The predicted molar refractivity (Wildman–Crippen MR) is 157 cm³/mol. The predicted octanol–water partition coefficient (Wildman–Crippen LogP) is 10.2. The second-order valence-corrected chi connectivity index (χ2v) is 9.01. The van der Waals surface area contributed by atoms with Gasteiger partial charge in [0, 0.05) is 16.8 Å². The molecule has 0 spiro atoms. The van der Waals surface area contributed by atoms with Gasteiger partial charge in [-0.15, -0.1) is 0 Å². The number of hydrogen-bond acceptors (Lipinski definition) is 1. The highest BCUT2D eigenvalue weighted by Crippen LogP contribution is 2.44. The van der Waals surface area contributed by atoms with Crippen LogP contribution in [0.2, 0.25) is 0 Å². The maximum atomic E-state index is 2.39. The molecule has 1 heteroatoms. The van der Waals surface area contributed by atoms with Crippen LogP contribution < -0.4 is 4.90 Å². The lowest BCUT2D eigenvalue weighted by Gasteiger charge is -2.30. The molecule has 0 radical (unpaired) electrons. The molecule has 0 aliphatic heterocycles. The summed E-state index contributed by atoms with van der Waals surface area (Å²) in [6.07, 6.45) is 0. The van der Waals surface area contributed by atoms with Gasteiger partial charge in [-0.05, 0) is 46.5 Å². The third kappa shape index (κ3) is 4.68. The van der Waals surface area contributed by atoms with E-state index < -0.39 is 0 Å². The number of para-hydroxylation sites is 2. The van der Waals surface area contributed by atoms with Crippen LogP contribution in [-0.4, -0.2) is 0 Å². The maximum Gasteiger partial charge on any atom is 0.0540 e. The van der Waals surface area contributed by atoms with Crippen molar-refractivity contribution in [3.8, 4) is 33.4 Å². The van der Waals surface area contributed by atoms with Crippen LogP contribution in [0.15, 0.2) is 164 Å². The number of anilines is 3. The van der Waals surface area contributed by atoms with E-state index in [2.05, 4.69) is 169 Å². The lowest BCUT2D eigenvalue weighted by molar-refractivity contribution is 1.28. The molecule has 6 rings (SSSR count). The van der Waals surface area contributed by atoms with Crippen LogP contribution in [-0.2, 0) is 0 Å². The molecule has 176 valence electrons. The summed E-state index contributed by atoms with van der Waals surface area (Å²) in [4.78, 5) is 2.39. The van der Waals surface area contributed by atoms with Crippen LogP contribution in [0.1, 0.15) is 0 Å². The van der Waals surface area contributed by atoms with E-state index in [4.69, 9.17) is 0 Å². The molecule has 0 atom stereocenters. The molecule has 37 heavy (non-hydrogen) atoms. The molecule has 0 saturated heterocycles. The average molecular weight is 474 g/mol. The molecule has 1 nitrogen and oxygen atoms in total. The summed E-state index contributed by atoms with van der Waals surface area (Å²) < 4.78 is 0. The Morgan fingerprint density at radius 3 is 1.08 bits per heavy atom. The van der Waals surface area contributed by atoms with Gasteiger partial charge in [0.05, 0.1) is 11.4 Å². The maximum absolute atomic E-state index is 2.39. The van der Waals surface area contributed by atoms with Crippen molar-refractivity contribution in [1.82, 2.24) is 0 Å². The Labute approximate surface area is 218 Å². The fraction of sp³-hybridized carbons (Fsp3) is 0. The van der Waals surface area contributed by atoms with Crippen molar-refractivity contribution < 1.29 is 0 Å². The minimum Gasteiger partial charge on any atom is -0.309 e. The van der Waals surface area contributed by atoms with Crippen LogP contribution >= 0.6 is 0 Å². The third-order valence-electron chi connectivity index (χ3n) is 6.69. The molecule has 6 aromatic carbocycles. The summed E-state index contributed by atoms with van der Waals surface area (Å²) >= 11 is 0. The highest BCUT2D eigenvalue weighted by Gasteiger charge is 2.20. The summed E-state index contributed by atoms with van der Waals surface area (Å²) in [7, 11) is 0. The molecule has 0 bridgehead atoms. The van der Waals surface area contributed by atoms with Crippen molar-refractivity contribution in [3.05, 3.63) is 164 Å². The Kier molecular flexibility index (Phi) is 6.34. The first-order valence-corrected chi connectivity index (χ1v) is 12.6. The Morgan fingerprint density at radius 1 is 0.270 bits per heavy atom. The fourth-order valence-corrected chi connectivity index (χ4v) is 4.90. The van der Waals surface area contributed by atoms with E-state index in [9.17, 15) is 0 Å². The molecule has 0 fully saturated rings. The molecule has 0 unspecified atom stereocenters. The van der Waals surface area contributed by atoms with E-state index in [1.807, 2.05) is 0 Å². The summed E-state index contributed by atoms with van der Waals surface area (Å²) in [5.74, 6) is 0. The zero-order chi connectivity index (χ0) is 24.9. The van der Waals surface area contributed by atoms with E-state index in [1.165, 1.54) is 33.4 Å². The molecule has 0 amide bonds. The van der Waals surface area contributed by atoms with Gasteiger partial charge in [-0.1, -0.05) is 140 Å². The molecule has 0 saturated carbocycles. The molecular weight excluding hydrogens is 446 g/mol. The molecular formula is C36H27N. The van der Waals surface area contributed by atoms with Gasteiger partial charge in [0.1, 0.15) is 0 Å². The van der Waals surface area contributed by atoms with Crippen LogP contribution in [0.5, 0.6) is 0 Å². The van der Waals surface area contributed by atoms with E-state index in [1.54, 1.807) is 0 Å². The third-order valence-corrected chi connectivity index (χ3v) is 6.69. The van der Waals surface area contributed by atoms with Gasteiger partial charge in [0.25, 0.3) is 0 Å². The van der Waals surface area contributed by atoms with Crippen molar-refractivity contribution >= 4 is 17.1 Å². The number of benzene rings is 6. The van der Waals surface area contributed by atoms with Crippen LogP contribution in [0.4, 0.5) is 17.1 Å². The summed E-state index contributed by atoms with van der Waals surface area (Å²) in [5.41, 5.74) is 10.6. The molecule has 0 heterocycles. The minimum atomic E-state index is 1.12. The lowest BCUT2D eigenvalue weighted by Crippen LogP contribution is -2.12. The smallest absolute Gasteiger partial charge is 0.0540 e. The summed E-state index contributed by atoms with van der Waals surface area (Å²) in [6, 6.07) is 58.0. The van der Waals surface area contributed by atoms with Crippen LogP contribution in [0, 0.1) is 0 Å². The van der Waals surface area contributed by atoms with Crippen LogP contribution in [0.25, 0.3) is 33.4 Å². The van der Waals surface area contributed by atoms with E-state index in [0.29, 0.717) is 0 Å². The van der Waals surface area contributed by atoms with Gasteiger partial charge in [0.15, 0.2) is 0 Å². The Bertz CT molecular complexity index is 1510. The van der Waals surface area contributed by atoms with Gasteiger partial charge < -0.3 is 4.90 Å². The second-order valence-electron chi connectivity index (χ2n) is 9.01. The first-order chi connectivity index (χ1) is 18.4. The number of nitrogens with zero attached hydrogens (tertiary/aromatic N) is 1. The SMILES string of the molecule is c1ccc(-c2ccc(N(c3ccccc3-c3ccccc3)c3ccccc3-c3ccccc3)cc2)cc1. The average Bonchev–Trinajstić information content (AvgIpc) is 3.00. The normalized spacial score (nSPS) is 10.7. The molecule has 6 aromatic rings. The zero-order valence-electron chi connectivity index (χ0n) is 20.5. The van der Waals surface area contributed by atoms with Crippen molar-refractivity contribution in [3.63, 3.8) is 0 Å². The zero-order valence-corrected chi connectivity index (χ0v) is 20.5. The fourth-order valence-electron chi connectivity index (χ4n) is 4.90. The first kappa shape index (κ1) is 22.6. The summed E-state index contributed by atoms with van der Waals surface area (Å²) in [6.45, 7) is 0. The van der Waals surface area contributed by atoms with Crippen molar-refractivity contribution in [2.45, 2.75) is 0 Å². The first-order valence-electron chi connectivity index (χ1n) is 12.6. The number of hydrogen-bond donors (Lipinski definition) is 0. The van der Waals surface area contributed by atoms with Gasteiger partial charge in [-0.25, -0.2) is 0 Å². The Hall–Kier alpha value is -4.88. The van der Waals surface area contributed by atoms with E-state index in [-0.39, 0.29) is 0 Å². The largest absolute Gasteiger partial charge is 0.309 e. The summed E-state index contributed by atoms with van der Waals surface area (Å²) in [5, 5.41) is 0. The van der Waals surface area contributed by atoms with Crippen molar-refractivity contribution in [2.24, 2.45) is 0 Å². The number of rotatable bonds is 6. The monoisotopic (exact) mass is 473 g/mol. The standard InChI is InChI=1S/C36H27N/c1-4-14-28(15-5-1)29-24-26-32(27-25-29)37(35-22-12-10-20-33(35)30-16-6-2-7-17-30)36-23-13-11-21-34(36)31-18-8-3-9-19-31/h1-27H. The van der Waals surface area contributed by atoms with E-state index in [0.717, 1.165) is 17.1 Å². The molecule has 0 aromatic heterocycles. The minimum absolute atomic E-state index is 1.12. The Balaban J connectivity index is 1.56. The van der Waals surface area contributed by atoms with Gasteiger partial charge in [-0.3, -0.25) is 0 Å². The van der Waals surface area contributed by atoms with Crippen molar-refractivity contribution in [2.75, 3.05) is 4.90 Å². The quantitative estimate of drug-likeness (QED) is 0.233. The molecule has 0 aliphatic carbocycles. The molecule has 0 aliphatic rings. The van der Waals surface area contributed by atoms with Crippen LogP contribution in [0.3, 0.4) is 0 Å².